The van der Waals surface area contributed by atoms with E-state index in [1.54, 1.807) is 0 Å². The highest BCUT2D eigenvalue weighted by Gasteiger charge is 2.31. The van der Waals surface area contributed by atoms with Gasteiger partial charge in [0.15, 0.2) is 0 Å². The Hall–Kier alpha value is -2.71. The first-order chi connectivity index (χ1) is 11.1. The molecule has 0 aliphatic rings. The topological polar surface area (TPSA) is 46.5 Å². The normalized spacial score (nSPS) is 11.6. The van der Waals surface area contributed by atoms with E-state index in [0.29, 0.717) is 6.07 Å². The van der Waals surface area contributed by atoms with Gasteiger partial charge in [-0.25, -0.2) is 9.18 Å². The Morgan fingerprint density at radius 2 is 1.75 bits per heavy atom. The van der Waals surface area contributed by atoms with Gasteiger partial charge in [0, 0.05) is 5.56 Å². The number of benzene rings is 2. The summed E-state index contributed by atoms with van der Waals surface area (Å²) in [6.45, 7) is -3.25. The molecule has 0 aromatic heterocycles. The smallest absolute Gasteiger partial charge is 0.416 e. The molecule has 0 radical (unpaired) electrons. The molecule has 2 rings (SSSR count). The van der Waals surface area contributed by atoms with E-state index in [0.717, 1.165) is 24.3 Å². The van der Waals surface area contributed by atoms with Crippen molar-refractivity contribution in [3.05, 3.63) is 53.3 Å². The molecule has 0 atom stereocenters. The predicted molar refractivity (Wildman–Crippen MR) is 70.4 cm³/mol. The minimum Gasteiger partial charge on any atom is -0.478 e. The number of hydrogen-bond donors (Lipinski definition) is 1. The van der Waals surface area contributed by atoms with Gasteiger partial charge in [0.2, 0.25) is 0 Å². The minimum absolute atomic E-state index is 0.211. The van der Waals surface area contributed by atoms with E-state index < -0.39 is 41.5 Å². The summed E-state index contributed by atoms with van der Waals surface area (Å²) in [5, 5.41) is 8.95. The van der Waals surface area contributed by atoms with Crippen LogP contribution in [0.1, 0.15) is 15.9 Å². The van der Waals surface area contributed by atoms with Crippen molar-refractivity contribution in [3.63, 3.8) is 0 Å². The van der Waals surface area contributed by atoms with E-state index in [-0.39, 0.29) is 17.2 Å². The molecule has 0 saturated heterocycles. The molecule has 0 unspecified atom stereocenters. The van der Waals surface area contributed by atoms with Crippen LogP contribution in [0.4, 0.5) is 26.3 Å². The Morgan fingerprint density at radius 1 is 1.08 bits per heavy atom. The van der Waals surface area contributed by atoms with Gasteiger partial charge in [0.05, 0.1) is 11.1 Å². The zero-order valence-corrected chi connectivity index (χ0v) is 11.6. The van der Waals surface area contributed by atoms with Gasteiger partial charge in [-0.2, -0.15) is 22.0 Å². The second kappa shape index (κ2) is 6.42. The summed E-state index contributed by atoms with van der Waals surface area (Å²) in [5.74, 6) is -3.34. The lowest BCUT2D eigenvalue weighted by Gasteiger charge is -2.12. The Kier molecular flexibility index (Phi) is 4.72. The van der Waals surface area contributed by atoms with Gasteiger partial charge in [0.1, 0.15) is 11.6 Å². The molecule has 3 nitrogen and oxygen atoms in total. The van der Waals surface area contributed by atoms with Gasteiger partial charge in [-0.1, -0.05) is 6.07 Å². The monoisotopic (exact) mass is 350 g/mol. The molecule has 2 aromatic rings. The van der Waals surface area contributed by atoms with Crippen LogP contribution < -0.4 is 4.74 Å². The van der Waals surface area contributed by atoms with Gasteiger partial charge in [-0.05, 0) is 35.9 Å². The molecule has 24 heavy (non-hydrogen) atoms. The molecule has 0 amide bonds. The lowest BCUT2D eigenvalue weighted by Crippen LogP contribution is -2.06. The Balaban J connectivity index is 2.55. The van der Waals surface area contributed by atoms with Crippen molar-refractivity contribution in [2.45, 2.75) is 12.8 Å². The Labute approximate surface area is 131 Å². The van der Waals surface area contributed by atoms with Gasteiger partial charge in [0.25, 0.3) is 0 Å². The zero-order chi connectivity index (χ0) is 18.1. The number of carboxylic acid groups (broad SMARTS) is 1. The van der Waals surface area contributed by atoms with E-state index in [2.05, 4.69) is 4.74 Å². The fraction of sp³-hybridized carbons (Fsp3) is 0.133. The van der Waals surface area contributed by atoms with E-state index in [1.807, 2.05) is 0 Å². The SMILES string of the molecule is O=C(O)c1cc(OC(F)F)cc(-c2ccc(C(F)(F)F)cc2F)c1. The molecule has 0 fully saturated rings. The largest absolute Gasteiger partial charge is 0.478 e. The molecule has 0 aliphatic heterocycles. The molecule has 0 aliphatic carbocycles. The number of carboxylic acids is 1. The fourth-order valence-corrected chi connectivity index (χ4v) is 1.97. The van der Waals surface area contributed by atoms with E-state index >= 15 is 0 Å². The fourth-order valence-electron chi connectivity index (χ4n) is 1.97. The van der Waals surface area contributed by atoms with Crippen LogP contribution in [-0.4, -0.2) is 17.7 Å². The quantitative estimate of drug-likeness (QED) is 0.805. The highest BCUT2D eigenvalue weighted by atomic mass is 19.4. The van der Waals surface area contributed by atoms with Crippen LogP contribution in [0.5, 0.6) is 5.75 Å². The first kappa shape index (κ1) is 17.6. The van der Waals surface area contributed by atoms with Gasteiger partial charge in [-0.15, -0.1) is 0 Å². The number of aromatic carboxylic acids is 1. The van der Waals surface area contributed by atoms with E-state index in [4.69, 9.17) is 5.11 Å². The van der Waals surface area contributed by atoms with Crippen LogP contribution in [0.25, 0.3) is 11.1 Å². The maximum atomic E-state index is 14.0. The molecular formula is C15H8F6O3. The minimum atomic E-state index is -4.76. The molecule has 2 aromatic carbocycles. The zero-order valence-electron chi connectivity index (χ0n) is 11.6. The predicted octanol–water partition coefficient (Wildman–Crippen LogP) is 4.81. The third-order valence-electron chi connectivity index (χ3n) is 2.99. The van der Waals surface area contributed by atoms with Crippen LogP contribution >= 0.6 is 0 Å². The van der Waals surface area contributed by atoms with Crippen molar-refractivity contribution in [1.82, 2.24) is 0 Å². The van der Waals surface area contributed by atoms with Crippen LogP contribution in [0, 0.1) is 5.82 Å². The number of carbonyl (C=O) groups is 1. The van der Waals surface area contributed by atoms with Crippen molar-refractivity contribution in [1.29, 1.82) is 0 Å². The number of hydrogen-bond acceptors (Lipinski definition) is 2. The third-order valence-corrected chi connectivity index (χ3v) is 2.99. The summed E-state index contributed by atoms with van der Waals surface area (Å²) in [4.78, 5) is 11.0. The van der Waals surface area contributed by atoms with Crippen molar-refractivity contribution in [3.8, 4) is 16.9 Å². The van der Waals surface area contributed by atoms with Gasteiger partial charge >= 0.3 is 18.8 Å². The first-order valence-corrected chi connectivity index (χ1v) is 6.28. The number of ether oxygens (including phenoxy) is 1. The summed E-state index contributed by atoms with van der Waals surface area (Å²) in [7, 11) is 0. The highest BCUT2D eigenvalue weighted by Crippen LogP contribution is 2.34. The molecule has 0 heterocycles. The third kappa shape index (κ3) is 3.98. The number of halogens is 6. The summed E-state index contributed by atoms with van der Waals surface area (Å²) >= 11 is 0. The van der Waals surface area contributed by atoms with Gasteiger partial charge in [-0.3, -0.25) is 0 Å². The molecule has 9 heteroatoms. The second-order valence-electron chi connectivity index (χ2n) is 4.62. The average molecular weight is 350 g/mol. The first-order valence-electron chi connectivity index (χ1n) is 6.28. The van der Waals surface area contributed by atoms with Crippen molar-refractivity contribution in [2.24, 2.45) is 0 Å². The molecule has 0 bridgehead atoms. The summed E-state index contributed by atoms with van der Waals surface area (Å²) < 4.78 is 80.2. The summed E-state index contributed by atoms with van der Waals surface area (Å²) in [6, 6.07) is 4.25. The van der Waals surface area contributed by atoms with E-state index in [9.17, 15) is 31.1 Å². The Bertz CT molecular complexity index is 770. The lowest BCUT2D eigenvalue weighted by molar-refractivity contribution is -0.137. The van der Waals surface area contributed by atoms with Crippen molar-refractivity contribution < 1.29 is 41.0 Å². The highest BCUT2D eigenvalue weighted by molar-refractivity contribution is 5.90. The maximum absolute atomic E-state index is 14.0. The van der Waals surface area contributed by atoms with Crippen LogP contribution in [-0.2, 0) is 6.18 Å². The van der Waals surface area contributed by atoms with Crippen LogP contribution in [0.2, 0.25) is 0 Å². The van der Waals surface area contributed by atoms with Crippen molar-refractivity contribution in [2.75, 3.05) is 0 Å². The second-order valence-corrected chi connectivity index (χ2v) is 4.62. The van der Waals surface area contributed by atoms with Gasteiger partial charge < -0.3 is 9.84 Å². The molecule has 1 N–H and O–H groups in total. The van der Waals surface area contributed by atoms with Crippen LogP contribution in [0.3, 0.4) is 0 Å². The average Bonchev–Trinajstić information content (AvgIpc) is 2.45. The summed E-state index contributed by atoms with van der Waals surface area (Å²) in [5.41, 5.74) is -2.31. The maximum Gasteiger partial charge on any atom is 0.416 e. The lowest BCUT2D eigenvalue weighted by atomic mass is 10.0. The summed E-state index contributed by atoms with van der Waals surface area (Å²) in [6.07, 6.45) is -4.76. The standard InChI is InChI=1S/C15H8F6O3/c16-12-6-9(15(19,20)21)1-2-11(12)7-3-8(13(22)23)5-10(4-7)24-14(17)18/h1-6,14H,(H,22,23). The van der Waals surface area contributed by atoms with Crippen LogP contribution in [0.15, 0.2) is 36.4 Å². The van der Waals surface area contributed by atoms with E-state index in [1.165, 1.54) is 0 Å². The van der Waals surface area contributed by atoms with Crippen molar-refractivity contribution >= 4 is 5.97 Å². The Morgan fingerprint density at radius 3 is 2.25 bits per heavy atom. The molecule has 0 saturated carbocycles. The molecular weight excluding hydrogens is 342 g/mol. The molecule has 128 valence electrons. The number of alkyl halides is 5. The number of rotatable bonds is 4. The molecule has 0 spiro atoms.